The highest BCUT2D eigenvalue weighted by Crippen LogP contribution is 2.20. The first kappa shape index (κ1) is 19.5. The number of carbonyl (C=O) groups is 1. The maximum Gasteiger partial charge on any atom is 0.272 e. The Morgan fingerprint density at radius 3 is 2.78 bits per heavy atom. The Morgan fingerprint density at radius 2 is 2.09 bits per heavy atom. The van der Waals surface area contributed by atoms with Gasteiger partial charge in [0.15, 0.2) is 0 Å². The van der Waals surface area contributed by atoms with Crippen molar-refractivity contribution in [1.29, 1.82) is 0 Å². The Labute approximate surface area is 148 Å². The molecule has 126 valence electrons. The summed E-state index contributed by atoms with van der Waals surface area (Å²) in [5.74, 6) is 0.792. The first-order valence-corrected chi connectivity index (χ1v) is 7.15. The number of piperazine rings is 1. The number of aromatic nitrogens is 1. The van der Waals surface area contributed by atoms with E-state index < -0.39 is 0 Å². The topological polar surface area (TPSA) is 54.5 Å². The fraction of sp³-hybridized carbons (Fsp3) is 0.375. The summed E-state index contributed by atoms with van der Waals surface area (Å²) in [6.07, 6.45) is 0. The number of methoxy groups -OCH3 is 1. The van der Waals surface area contributed by atoms with E-state index in [-0.39, 0.29) is 36.8 Å². The van der Waals surface area contributed by atoms with Gasteiger partial charge in [-0.05, 0) is 31.2 Å². The Bertz CT molecular complexity index is 681. The van der Waals surface area contributed by atoms with Crippen LogP contribution in [-0.2, 0) is 0 Å². The van der Waals surface area contributed by atoms with Crippen LogP contribution in [0.15, 0.2) is 30.3 Å². The second-order valence-corrected chi connectivity index (χ2v) is 5.31. The van der Waals surface area contributed by atoms with Crippen LogP contribution in [0, 0.1) is 0 Å². The fourth-order valence-electron chi connectivity index (χ4n) is 2.64. The van der Waals surface area contributed by atoms with E-state index in [0.29, 0.717) is 5.69 Å². The van der Waals surface area contributed by atoms with Crippen LogP contribution in [0.1, 0.15) is 17.4 Å². The van der Waals surface area contributed by atoms with Crippen LogP contribution < -0.4 is 10.1 Å². The van der Waals surface area contributed by atoms with Crippen molar-refractivity contribution in [2.75, 3.05) is 26.7 Å². The lowest BCUT2D eigenvalue weighted by molar-refractivity contribution is 0.0650. The molecule has 0 saturated carbocycles. The summed E-state index contributed by atoms with van der Waals surface area (Å²) in [4.78, 5) is 19.0. The number of benzene rings is 1. The molecule has 5 nitrogen and oxygen atoms in total. The lowest BCUT2D eigenvalue weighted by Crippen LogP contribution is -2.52. The molecule has 1 saturated heterocycles. The number of hydrogen-bond donors (Lipinski definition) is 1. The largest absolute Gasteiger partial charge is 0.497 e. The minimum absolute atomic E-state index is 0. The highest BCUT2D eigenvalue weighted by atomic mass is 35.5. The number of amides is 1. The van der Waals surface area contributed by atoms with Crippen LogP contribution in [0.4, 0.5) is 0 Å². The molecule has 1 fully saturated rings. The first-order valence-electron chi connectivity index (χ1n) is 7.15. The van der Waals surface area contributed by atoms with E-state index in [9.17, 15) is 4.79 Å². The number of halogens is 2. The normalized spacial score (nSPS) is 17.1. The fourth-order valence-corrected chi connectivity index (χ4v) is 2.64. The lowest BCUT2D eigenvalue weighted by Gasteiger charge is -2.33. The number of carbonyl (C=O) groups excluding carboxylic acids is 1. The Morgan fingerprint density at radius 1 is 1.30 bits per heavy atom. The van der Waals surface area contributed by atoms with Crippen LogP contribution in [0.3, 0.4) is 0 Å². The molecule has 3 rings (SSSR count). The minimum Gasteiger partial charge on any atom is -0.497 e. The number of hydrogen-bond acceptors (Lipinski definition) is 4. The SMILES string of the molecule is COc1ccc2nc(C(=O)N3CCNC[C@@H]3C)ccc2c1.Cl.Cl. The van der Waals surface area contributed by atoms with Crippen LogP contribution in [0.2, 0.25) is 0 Å². The molecule has 2 aromatic rings. The Balaban J connectivity index is 0.00000132. The molecule has 1 aromatic heterocycles. The van der Waals surface area contributed by atoms with Gasteiger partial charge < -0.3 is 15.0 Å². The highest BCUT2D eigenvalue weighted by molar-refractivity contribution is 5.95. The van der Waals surface area contributed by atoms with Gasteiger partial charge in [0.1, 0.15) is 11.4 Å². The molecule has 0 unspecified atom stereocenters. The average Bonchev–Trinajstić information content (AvgIpc) is 2.53. The molecule has 1 atom stereocenters. The summed E-state index contributed by atoms with van der Waals surface area (Å²) in [5.41, 5.74) is 1.31. The monoisotopic (exact) mass is 357 g/mol. The van der Waals surface area contributed by atoms with Gasteiger partial charge in [-0.1, -0.05) is 6.07 Å². The second kappa shape index (κ2) is 8.34. The Hall–Kier alpha value is -1.56. The van der Waals surface area contributed by atoms with Gasteiger partial charge in [0, 0.05) is 31.1 Å². The molecule has 1 aromatic carbocycles. The van der Waals surface area contributed by atoms with Crippen molar-refractivity contribution >= 4 is 41.6 Å². The quantitative estimate of drug-likeness (QED) is 0.897. The third kappa shape index (κ3) is 4.05. The second-order valence-electron chi connectivity index (χ2n) is 5.31. The molecule has 0 aliphatic carbocycles. The van der Waals surface area contributed by atoms with Gasteiger partial charge in [0.05, 0.1) is 12.6 Å². The summed E-state index contributed by atoms with van der Waals surface area (Å²) < 4.78 is 5.20. The third-order valence-corrected chi connectivity index (χ3v) is 3.88. The van der Waals surface area contributed by atoms with E-state index in [1.807, 2.05) is 29.2 Å². The lowest BCUT2D eigenvalue weighted by atomic mass is 10.1. The van der Waals surface area contributed by atoms with Crippen LogP contribution in [0.5, 0.6) is 5.75 Å². The molecule has 7 heteroatoms. The minimum atomic E-state index is 0. The molecule has 0 radical (unpaired) electrons. The molecule has 1 amide bonds. The summed E-state index contributed by atoms with van der Waals surface area (Å²) in [7, 11) is 1.64. The van der Waals surface area contributed by atoms with E-state index in [1.165, 1.54) is 0 Å². The zero-order chi connectivity index (χ0) is 14.8. The van der Waals surface area contributed by atoms with E-state index in [4.69, 9.17) is 4.74 Å². The van der Waals surface area contributed by atoms with E-state index in [0.717, 1.165) is 36.3 Å². The van der Waals surface area contributed by atoms with Gasteiger partial charge in [-0.3, -0.25) is 4.79 Å². The number of pyridine rings is 1. The van der Waals surface area contributed by atoms with E-state index in [1.54, 1.807) is 13.2 Å². The van der Waals surface area contributed by atoms with Crippen molar-refractivity contribution in [3.63, 3.8) is 0 Å². The van der Waals surface area contributed by atoms with Gasteiger partial charge in [-0.2, -0.15) is 0 Å². The smallest absolute Gasteiger partial charge is 0.272 e. The zero-order valence-electron chi connectivity index (χ0n) is 13.1. The maximum atomic E-state index is 12.6. The summed E-state index contributed by atoms with van der Waals surface area (Å²) in [5, 5.41) is 4.26. The van der Waals surface area contributed by atoms with Crippen LogP contribution >= 0.6 is 24.8 Å². The van der Waals surface area contributed by atoms with Crippen molar-refractivity contribution in [2.45, 2.75) is 13.0 Å². The molecule has 1 aliphatic rings. The van der Waals surface area contributed by atoms with E-state index in [2.05, 4.69) is 17.2 Å². The van der Waals surface area contributed by atoms with Crippen molar-refractivity contribution in [1.82, 2.24) is 15.2 Å². The van der Waals surface area contributed by atoms with Gasteiger partial charge >= 0.3 is 0 Å². The maximum absolute atomic E-state index is 12.6. The number of rotatable bonds is 2. The first-order chi connectivity index (χ1) is 10.2. The van der Waals surface area contributed by atoms with Gasteiger partial charge in [0.25, 0.3) is 5.91 Å². The van der Waals surface area contributed by atoms with Crippen molar-refractivity contribution in [2.24, 2.45) is 0 Å². The van der Waals surface area contributed by atoms with Gasteiger partial charge in [-0.25, -0.2) is 4.98 Å². The standard InChI is InChI=1S/C16H19N3O2.2ClH/c1-11-10-17-7-8-19(11)16(20)15-5-3-12-9-13(21-2)4-6-14(12)18-15;;/h3-6,9,11,17H,7-8,10H2,1-2H3;2*1H/t11-;;/m0../s1. The Kier molecular flexibility index (Phi) is 7.06. The van der Waals surface area contributed by atoms with Crippen LogP contribution in [-0.4, -0.2) is 48.6 Å². The molecule has 2 heterocycles. The van der Waals surface area contributed by atoms with Crippen molar-refractivity contribution in [3.8, 4) is 5.75 Å². The predicted molar refractivity (Wildman–Crippen MR) is 96.2 cm³/mol. The van der Waals surface area contributed by atoms with Crippen molar-refractivity contribution in [3.05, 3.63) is 36.0 Å². The summed E-state index contributed by atoms with van der Waals surface area (Å²) in [6.45, 7) is 4.44. The summed E-state index contributed by atoms with van der Waals surface area (Å²) in [6, 6.07) is 9.57. The molecule has 23 heavy (non-hydrogen) atoms. The molecule has 0 bridgehead atoms. The zero-order valence-corrected chi connectivity index (χ0v) is 14.7. The molecular weight excluding hydrogens is 337 g/mol. The number of nitrogens with zero attached hydrogens (tertiary/aromatic N) is 2. The number of fused-ring (bicyclic) bond motifs is 1. The average molecular weight is 358 g/mol. The summed E-state index contributed by atoms with van der Waals surface area (Å²) >= 11 is 0. The molecule has 0 spiro atoms. The van der Waals surface area contributed by atoms with E-state index >= 15 is 0 Å². The molecule has 1 aliphatic heterocycles. The van der Waals surface area contributed by atoms with Gasteiger partial charge in [0.2, 0.25) is 0 Å². The number of nitrogens with one attached hydrogen (secondary N) is 1. The van der Waals surface area contributed by atoms with Crippen LogP contribution in [0.25, 0.3) is 10.9 Å². The highest BCUT2D eigenvalue weighted by Gasteiger charge is 2.24. The molecular formula is C16H21Cl2N3O2. The third-order valence-electron chi connectivity index (χ3n) is 3.88. The van der Waals surface area contributed by atoms with Crippen molar-refractivity contribution < 1.29 is 9.53 Å². The molecule has 1 N–H and O–H groups in total. The number of ether oxygens (including phenoxy) is 1. The van der Waals surface area contributed by atoms with Gasteiger partial charge in [-0.15, -0.1) is 24.8 Å². The predicted octanol–water partition coefficient (Wildman–Crippen LogP) is 2.52.